The number of hydrogen-bond acceptors (Lipinski definition) is 3. The molecular formula is C12H17NO3. The Bertz CT molecular complexity index is 360. The van der Waals surface area contributed by atoms with Gasteiger partial charge in [-0.3, -0.25) is 9.69 Å². The van der Waals surface area contributed by atoms with Crippen molar-refractivity contribution in [3.8, 4) is 0 Å². The predicted octanol–water partition coefficient (Wildman–Crippen LogP) is 2.14. The molecule has 2 heterocycles. The summed E-state index contributed by atoms with van der Waals surface area (Å²) in [5.74, 6) is -0.927. The Kier molecular flexibility index (Phi) is 3.01. The summed E-state index contributed by atoms with van der Waals surface area (Å²) in [4.78, 5) is 13.2. The number of carbonyl (C=O) groups is 1. The minimum Gasteiger partial charge on any atom is -0.481 e. The smallest absolute Gasteiger partial charge is 0.308 e. The minimum absolute atomic E-state index is 0.0856. The molecule has 3 unspecified atom stereocenters. The molecule has 1 fully saturated rings. The molecule has 2 rings (SSSR count). The van der Waals surface area contributed by atoms with Gasteiger partial charge in [-0.25, -0.2) is 0 Å². The van der Waals surface area contributed by atoms with E-state index < -0.39 is 5.97 Å². The Balaban J connectivity index is 2.09. The maximum Gasteiger partial charge on any atom is 0.308 e. The average molecular weight is 223 g/mol. The molecule has 3 atom stereocenters. The normalized spacial score (nSPS) is 28.1. The largest absolute Gasteiger partial charge is 0.481 e. The van der Waals surface area contributed by atoms with E-state index in [9.17, 15) is 4.79 Å². The van der Waals surface area contributed by atoms with Gasteiger partial charge in [0.2, 0.25) is 0 Å². The van der Waals surface area contributed by atoms with Gasteiger partial charge in [0.1, 0.15) is 0 Å². The van der Waals surface area contributed by atoms with Gasteiger partial charge in [-0.15, -0.1) is 0 Å². The van der Waals surface area contributed by atoms with Gasteiger partial charge in [0.05, 0.1) is 18.4 Å². The van der Waals surface area contributed by atoms with Crippen LogP contribution in [0.4, 0.5) is 0 Å². The molecule has 1 N–H and O–H groups in total. The van der Waals surface area contributed by atoms with E-state index in [1.807, 2.05) is 13.0 Å². The van der Waals surface area contributed by atoms with Crippen molar-refractivity contribution in [2.45, 2.75) is 32.4 Å². The van der Waals surface area contributed by atoms with E-state index in [-0.39, 0.29) is 18.0 Å². The molecule has 0 radical (unpaired) electrons. The molecule has 0 aliphatic carbocycles. The molecule has 0 spiro atoms. The lowest BCUT2D eigenvalue weighted by Crippen LogP contribution is -2.34. The lowest BCUT2D eigenvalue weighted by atomic mass is 10.0. The Morgan fingerprint density at radius 1 is 1.69 bits per heavy atom. The fourth-order valence-corrected chi connectivity index (χ4v) is 2.54. The van der Waals surface area contributed by atoms with Crippen LogP contribution in [0.5, 0.6) is 0 Å². The van der Waals surface area contributed by atoms with E-state index in [4.69, 9.17) is 9.52 Å². The number of hydrogen-bond donors (Lipinski definition) is 1. The van der Waals surface area contributed by atoms with Crippen molar-refractivity contribution in [1.29, 1.82) is 0 Å². The van der Waals surface area contributed by atoms with Crippen molar-refractivity contribution >= 4 is 5.97 Å². The van der Waals surface area contributed by atoms with Crippen molar-refractivity contribution in [3.05, 3.63) is 24.2 Å². The fourth-order valence-electron chi connectivity index (χ4n) is 2.54. The third-order valence-corrected chi connectivity index (χ3v) is 3.64. The first-order valence-corrected chi connectivity index (χ1v) is 5.62. The monoisotopic (exact) mass is 223 g/mol. The number of carboxylic acids is 1. The molecule has 4 nitrogen and oxygen atoms in total. The third kappa shape index (κ3) is 1.85. The van der Waals surface area contributed by atoms with Crippen LogP contribution in [0.3, 0.4) is 0 Å². The summed E-state index contributed by atoms with van der Waals surface area (Å²) in [6, 6.07) is 2.24. The summed E-state index contributed by atoms with van der Waals surface area (Å²) in [6.07, 6.45) is 4.12. The molecular weight excluding hydrogens is 206 g/mol. The van der Waals surface area contributed by atoms with Crippen molar-refractivity contribution in [2.24, 2.45) is 5.92 Å². The number of rotatable bonds is 3. The first kappa shape index (κ1) is 11.2. The Morgan fingerprint density at radius 2 is 2.44 bits per heavy atom. The summed E-state index contributed by atoms with van der Waals surface area (Å²) in [5.41, 5.74) is 1.11. The minimum atomic E-state index is -0.686. The van der Waals surface area contributed by atoms with Crippen LogP contribution in [0.2, 0.25) is 0 Å². The second-order valence-electron chi connectivity index (χ2n) is 4.44. The van der Waals surface area contributed by atoms with Gasteiger partial charge < -0.3 is 9.52 Å². The van der Waals surface area contributed by atoms with Gasteiger partial charge in [-0.05, 0) is 32.9 Å². The van der Waals surface area contributed by atoms with Crippen molar-refractivity contribution < 1.29 is 14.3 Å². The molecule has 0 aromatic carbocycles. The molecule has 1 saturated heterocycles. The Hall–Kier alpha value is -1.29. The topological polar surface area (TPSA) is 53.7 Å². The Morgan fingerprint density at radius 3 is 2.94 bits per heavy atom. The first-order chi connectivity index (χ1) is 7.61. The maximum absolute atomic E-state index is 11.0. The third-order valence-electron chi connectivity index (χ3n) is 3.64. The standard InChI is InChI=1S/C12H17NO3/c1-8(10-4-6-16-7-10)13-5-3-11(9(13)2)12(14)15/h4,6-9,11H,3,5H2,1-2H3,(H,14,15). The van der Waals surface area contributed by atoms with Crippen LogP contribution in [0, 0.1) is 5.92 Å². The quantitative estimate of drug-likeness (QED) is 0.853. The number of likely N-dealkylation sites (tertiary alicyclic amines) is 1. The molecule has 1 aromatic rings. The number of nitrogens with zero attached hydrogens (tertiary/aromatic N) is 1. The van der Waals surface area contributed by atoms with Gasteiger partial charge in [-0.1, -0.05) is 0 Å². The summed E-state index contributed by atoms with van der Waals surface area (Å²) in [5, 5.41) is 9.07. The summed E-state index contributed by atoms with van der Waals surface area (Å²) in [6.45, 7) is 4.92. The maximum atomic E-state index is 11.0. The zero-order chi connectivity index (χ0) is 11.7. The van der Waals surface area contributed by atoms with Crippen LogP contribution in [-0.2, 0) is 4.79 Å². The van der Waals surface area contributed by atoms with Crippen LogP contribution in [-0.4, -0.2) is 28.6 Å². The van der Waals surface area contributed by atoms with Crippen molar-refractivity contribution in [3.63, 3.8) is 0 Å². The summed E-state index contributed by atoms with van der Waals surface area (Å²) in [7, 11) is 0. The second-order valence-corrected chi connectivity index (χ2v) is 4.44. The highest BCUT2D eigenvalue weighted by Crippen LogP contribution is 2.32. The van der Waals surface area contributed by atoms with E-state index >= 15 is 0 Å². The van der Waals surface area contributed by atoms with E-state index in [0.29, 0.717) is 0 Å². The molecule has 0 amide bonds. The van der Waals surface area contributed by atoms with E-state index in [1.165, 1.54) is 0 Å². The molecule has 4 heteroatoms. The molecule has 0 saturated carbocycles. The van der Waals surface area contributed by atoms with Gasteiger partial charge >= 0.3 is 5.97 Å². The zero-order valence-electron chi connectivity index (χ0n) is 9.59. The Labute approximate surface area is 94.9 Å². The molecule has 1 aliphatic rings. The van der Waals surface area contributed by atoms with Crippen LogP contribution in [0.15, 0.2) is 23.0 Å². The van der Waals surface area contributed by atoms with E-state index in [0.717, 1.165) is 18.5 Å². The number of aliphatic carboxylic acids is 1. The molecule has 1 aliphatic heterocycles. The SMILES string of the molecule is CC(c1ccoc1)N1CCC(C(=O)O)C1C. The van der Waals surface area contributed by atoms with Gasteiger partial charge in [0.25, 0.3) is 0 Å². The van der Waals surface area contributed by atoms with Gasteiger partial charge in [-0.2, -0.15) is 0 Å². The second kappa shape index (κ2) is 4.29. The number of furan rings is 1. The first-order valence-electron chi connectivity index (χ1n) is 5.62. The van der Waals surface area contributed by atoms with Crippen LogP contribution in [0.1, 0.15) is 31.9 Å². The highest BCUT2D eigenvalue weighted by molar-refractivity contribution is 5.71. The van der Waals surface area contributed by atoms with Crippen LogP contribution in [0.25, 0.3) is 0 Å². The summed E-state index contributed by atoms with van der Waals surface area (Å²) >= 11 is 0. The average Bonchev–Trinajstić information content (AvgIpc) is 2.84. The highest BCUT2D eigenvalue weighted by atomic mass is 16.4. The molecule has 88 valence electrons. The lowest BCUT2D eigenvalue weighted by molar-refractivity contribution is -0.142. The fraction of sp³-hybridized carbons (Fsp3) is 0.583. The van der Waals surface area contributed by atoms with Crippen molar-refractivity contribution in [2.75, 3.05) is 6.54 Å². The van der Waals surface area contributed by atoms with Crippen molar-refractivity contribution in [1.82, 2.24) is 4.90 Å². The van der Waals surface area contributed by atoms with E-state index in [2.05, 4.69) is 11.8 Å². The van der Waals surface area contributed by atoms with Gasteiger partial charge in [0.15, 0.2) is 0 Å². The molecule has 1 aromatic heterocycles. The lowest BCUT2D eigenvalue weighted by Gasteiger charge is -2.28. The molecule has 0 bridgehead atoms. The summed E-state index contributed by atoms with van der Waals surface area (Å²) < 4.78 is 5.06. The van der Waals surface area contributed by atoms with Crippen LogP contribution < -0.4 is 0 Å². The van der Waals surface area contributed by atoms with Gasteiger partial charge in [0, 0.05) is 17.6 Å². The predicted molar refractivity (Wildman–Crippen MR) is 59.0 cm³/mol. The zero-order valence-corrected chi connectivity index (χ0v) is 9.59. The molecule has 16 heavy (non-hydrogen) atoms. The number of carboxylic acid groups (broad SMARTS) is 1. The van der Waals surface area contributed by atoms with E-state index in [1.54, 1.807) is 12.5 Å². The highest BCUT2D eigenvalue weighted by Gasteiger charge is 2.38. The van der Waals surface area contributed by atoms with Crippen LogP contribution >= 0.6 is 0 Å².